The van der Waals surface area contributed by atoms with Crippen LogP contribution in [-0.4, -0.2) is 33.8 Å². The molecule has 4 rings (SSSR count). The Morgan fingerprint density at radius 1 is 1.04 bits per heavy atom. The number of hydrogen-bond donors (Lipinski definition) is 3. The lowest BCUT2D eigenvalue weighted by Crippen LogP contribution is -2.52. The van der Waals surface area contributed by atoms with Crippen LogP contribution in [0.25, 0.3) is 0 Å². The number of benzene rings is 1. The number of pyridine rings is 1. The summed E-state index contributed by atoms with van der Waals surface area (Å²) in [6.45, 7) is 1.57. The summed E-state index contributed by atoms with van der Waals surface area (Å²) >= 11 is 0. The van der Waals surface area contributed by atoms with E-state index in [1.165, 1.54) is 0 Å². The average molecular weight is 362 g/mol. The van der Waals surface area contributed by atoms with Crippen molar-refractivity contribution in [2.24, 2.45) is 0 Å². The van der Waals surface area contributed by atoms with E-state index in [1.54, 1.807) is 17.1 Å². The van der Waals surface area contributed by atoms with Gasteiger partial charge in [0.15, 0.2) is 0 Å². The van der Waals surface area contributed by atoms with E-state index < -0.39 is 5.54 Å². The molecule has 7 nitrogen and oxygen atoms in total. The molecule has 3 aromatic rings. The van der Waals surface area contributed by atoms with Crippen molar-refractivity contribution in [2.75, 3.05) is 23.7 Å². The maximum Gasteiger partial charge on any atom is 0.252 e. The molecule has 7 heteroatoms. The van der Waals surface area contributed by atoms with Crippen molar-refractivity contribution in [3.8, 4) is 0 Å². The minimum atomic E-state index is -0.671. The van der Waals surface area contributed by atoms with Crippen LogP contribution in [0, 0.1) is 0 Å². The molecule has 0 spiro atoms. The van der Waals surface area contributed by atoms with Gasteiger partial charge in [-0.3, -0.25) is 9.48 Å². The van der Waals surface area contributed by atoms with Crippen LogP contribution >= 0.6 is 0 Å². The first-order valence-corrected chi connectivity index (χ1v) is 9.07. The minimum Gasteiger partial charge on any atom is -0.340 e. The Balaban J connectivity index is 1.48. The second-order valence-corrected chi connectivity index (χ2v) is 6.61. The fourth-order valence-electron chi connectivity index (χ4n) is 3.38. The molecule has 0 saturated carbocycles. The maximum atomic E-state index is 13.1. The van der Waals surface area contributed by atoms with E-state index >= 15 is 0 Å². The molecule has 3 N–H and O–H groups in total. The summed E-state index contributed by atoms with van der Waals surface area (Å²) in [7, 11) is 0. The number of piperidine rings is 1. The van der Waals surface area contributed by atoms with E-state index in [2.05, 4.69) is 26.0 Å². The summed E-state index contributed by atoms with van der Waals surface area (Å²) in [5.74, 6) is 0.668. The molecule has 0 bridgehead atoms. The standard InChI is InChI=1S/C20H22N6O/c27-19(20(9-12-21-13-10-20)26-14-4-11-23-26)25-17-7-8-18(22-15-17)24-16-5-2-1-3-6-16/h1-8,11,14-15,21H,9-10,12-13H2,(H,22,24)(H,25,27). The first kappa shape index (κ1) is 17.2. The molecule has 27 heavy (non-hydrogen) atoms. The molecular weight excluding hydrogens is 340 g/mol. The molecular formula is C20H22N6O. The van der Waals surface area contributed by atoms with Gasteiger partial charge < -0.3 is 16.0 Å². The first-order valence-electron chi connectivity index (χ1n) is 9.07. The predicted octanol–water partition coefficient (Wildman–Crippen LogP) is 2.74. The zero-order valence-corrected chi connectivity index (χ0v) is 14.9. The van der Waals surface area contributed by atoms with Gasteiger partial charge in [0.1, 0.15) is 11.4 Å². The predicted molar refractivity (Wildman–Crippen MR) is 105 cm³/mol. The van der Waals surface area contributed by atoms with Gasteiger partial charge in [-0.25, -0.2) is 4.98 Å². The van der Waals surface area contributed by atoms with E-state index in [9.17, 15) is 4.79 Å². The normalized spacial score (nSPS) is 15.9. The Bertz CT molecular complexity index is 871. The van der Waals surface area contributed by atoms with Gasteiger partial charge in [0, 0.05) is 18.1 Å². The number of amides is 1. The number of rotatable bonds is 5. The van der Waals surface area contributed by atoms with E-state index in [0.29, 0.717) is 18.5 Å². The third-order valence-corrected chi connectivity index (χ3v) is 4.86. The highest BCUT2D eigenvalue weighted by Gasteiger charge is 2.42. The molecule has 1 aliphatic rings. The lowest BCUT2D eigenvalue weighted by Gasteiger charge is -2.36. The lowest BCUT2D eigenvalue weighted by atomic mass is 9.87. The van der Waals surface area contributed by atoms with Gasteiger partial charge in [0.25, 0.3) is 5.91 Å². The molecule has 0 aliphatic carbocycles. The minimum absolute atomic E-state index is 0.0572. The highest BCUT2D eigenvalue weighted by Crippen LogP contribution is 2.28. The molecule has 1 fully saturated rings. The Morgan fingerprint density at radius 2 is 1.85 bits per heavy atom. The van der Waals surface area contributed by atoms with E-state index in [-0.39, 0.29) is 5.91 Å². The van der Waals surface area contributed by atoms with Crippen LogP contribution in [0.3, 0.4) is 0 Å². The van der Waals surface area contributed by atoms with Crippen LogP contribution in [0.1, 0.15) is 12.8 Å². The maximum absolute atomic E-state index is 13.1. The van der Waals surface area contributed by atoms with E-state index in [1.807, 2.05) is 54.7 Å². The molecule has 138 valence electrons. The van der Waals surface area contributed by atoms with E-state index in [4.69, 9.17) is 0 Å². The number of hydrogen-bond acceptors (Lipinski definition) is 5. The molecule has 2 aromatic heterocycles. The topological polar surface area (TPSA) is 83.9 Å². The second-order valence-electron chi connectivity index (χ2n) is 6.61. The monoisotopic (exact) mass is 362 g/mol. The summed E-state index contributed by atoms with van der Waals surface area (Å²) in [4.78, 5) is 17.5. The summed E-state index contributed by atoms with van der Waals surface area (Å²) in [6.07, 6.45) is 6.63. The molecule has 0 unspecified atom stereocenters. The van der Waals surface area contributed by atoms with Crippen molar-refractivity contribution in [1.29, 1.82) is 0 Å². The Kier molecular flexibility index (Phi) is 4.84. The van der Waals surface area contributed by atoms with Gasteiger partial charge in [0.05, 0.1) is 11.9 Å². The molecule has 1 amide bonds. The molecule has 0 atom stereocenters. The SMILES string of the molecule is O=C(Nc1ccc(Nc2ccccc2)nc1)C1(n2cccn2)CCNCC1. The van der Waals surface area contributed by atoms with Gasteiger partial charge >= 0.3 is 0 Å². The highest BCUT2D eigenvalue weighted by molar-refractivity contribution is 5.96. The fourth-order valence-corrected chi connectivity index (χ4v) is 3.38. The number of para-hydroxylation sites is 1. The zero-order chi connectivity index (χ0) is 18.5. The number of carbonyl (C=O) groups excluding carboxylic acids is 1. The van der Waals surface area contributed by atoms with Gasteiger partial charge in [0.2, 0.25) is 0 Å². The molecule has 3 heterocycles. The highest BCUT2D eigenvalue weighted by atomic mass is 16.2. The Labute approximate surface area is 157 Å². The summed E-state index contributed by atoms with van der Waals surface area (Å²) in [6, 6.07) is 15.4. The quantitative estimate of drug-likeness (QED) is 0.650. The van der Waals surface area contributed by atoms with Gasteiger partial charge in [-0.05, 0) is 56.3 Å². The van der Waals surface area contributed by atoms with E-state index in [0.717, 1.165) is 24.6 Å². The first-order chi connectivity index (χ1) is 13.3. The summed E-state index contributed by atoms with van der Waals surface area (Å²) < 4.78 is 1.78. The van der Waals surface area contributed by atoms with Crippen molar-refractivity contribution in [3.05, 3.63) is 67.1 Å². The summed E-state index contributed by atoms with van der Waals surface area (Å²) in [5.41, 5.74) is 0.966. The third-order valence-electron chi connectivity index (χ3n) is 4.86. The molecule has 1 aromatic carbocycles. The van der Waals surface area contributed by atoms with Gasteiger partial charge in [-0.1, -0.05) is 18.2 Å². The van der Waals surface area contributed by atoms with Crippen LogP contribution in [-0.2, 0) is 10.3 Å². The number of nitrogens with one attached hydrogen (secondary N) is 3. The zero-order valence-electron chi connectivity index (χ0n) is 14.9. The lowest BCUT2D eigenvalue weighted by molar-refractivity contribution is -0.126. The van der Waals surface area contributed by atoms with Gasteiger partial charge in [-0.15, -0.1) is 0 Å². The van der Waals surface area contributed by atoms with Crippen molar-refractivity contribution in [1.82, 2.24) is 20.1 Å². The Morgan fingerprint density at radius 3 is 2.52 bits per heavy atom. The fraction of sp³-hybridized carbons (Fsp3) is 0.250. The van der Waals surface area contributed by atoms with Crippen molar-refractivity contribution < 1.29 is 4.79 Å². The number of aromatic nitrogens is 3. The number of carbonyl (C=O) groups is 1. The number of nitrogens with zero attached hydrogens (tertiary/aromatic N) is 3. The number of anilines is 3. The van der Waals surface area contributed by atoms with Crippen molar-refractivity contribution in [3.63, 3.8) is 0 Å². The van der Waals surface area contributed by atoms with Crippen LogP contribution < -0.4 is 16.0 Å². The third kappa shape index (κ3) is 3.68. The Hall–Kier alpha value is -3.19. The van der Waals surface area contributed by atoms with Crippen molar-refractivity contribution in [2.45, 2.75) is 18.4 Å². The van der Waals surface area contributed by atoms with Gasteiger partial charge in [-0.2, -0.15) is 5.10 Å². The largest absolute Gasteiger partial charge is 0.340 e. The van der Waals surface area contributed by atoms with Crippen molar-refractivity contribution >= 4 is 23.1 Å². The smallest absolute Gasteiger partial charge is 0.252 e. The average Bonchev–Trinajstić information content (AvgIpc) is 3.26. The second kappa shape index (κ2) is 7.59. The van der Waals surface area contributed by atoms with Crippen LogP contribution in [0.15, 0.2) is 67.1 Å². The van der Waals surface area contributed by atoms with Crippen LogP contribution in [0.4, 0.5) is 17.2 Å². The molecule has 1 aliphatic heterocycles. The molecule has 1 saturated heterocycles. The summed E-state index contributed by atoms with van der Waals surface area (Å²) in [5, 5.41) is 13.9. The van der Waals surface area contributed by atoms with Crippen LogP contribution in [0.5, 0.6) is 0 Å². The molecule has 0 radical (unpaired) electrons. The van der Waals surface area contributed by atoms with Crippen LogP contribution in [0.2, 0.25) is 0 Å².